The molecule has 1 heterocycles. The second-order valence-electron chi connectivity index (χ2n) is 5.77. The Labute approximate surface area is 145 Å². The van der Waals surface area contributed by atoms with Crippen LogP contribution in [0.5, 0.6) is 0 Å². The monoisotopic (exact) mass is 342 g/mol. The number of fused-ring (bicyclic) bond motifs is 1. The highest BCUT2D eigenvalue weighted by Gasteiger charge is 2.16. The van der Waals surface area contributed by atoms with Crippen LogP contribution in [0.3, 0.4) is 0 Å². The lowest BCUT2D eigenvalue weighted by Crippen LogP contribution is -2.16. The van der Waals surface area contributed by atoms with E-state index in [2.05, 4.69) is 10.6 Å². The summed E-state index contributed by atoms with van der Waals surface area (Å²) in [5.41, 5.74) is 2.76. The van der Waals surface area contributed by atoms with Crippen LogP contribution in [0, 0.1) is 5.82 Å². The van der Waals surface area contributed by atoms with Gasteiger partial charge < -0.3 is 15.4 Å². The van der Waals surface area contributed by atoms with Crippen LogP contribution in [0.15, 0.2) is 36.4 Å². The molecule has 130 valence electrons. The molecule has 6 heteroatoms. The number of hydrogen-bond donors (Lipinski definition) is 2. The number of ether oxygens (including phenoxy) is 1. The summed E-state index contributed by atoms with van der Waals surface area (Å²) < 4.78 is 18.8. The molecular weight excluding hydrogens is 323 g/mol. The summed E-state index contributed by atoms with van der Waals surface area (Å²) >= 11 is 0. The third-order valence-corrected chi connectivity index (χ3v) is 4.03. The minimum absolute atomic E-state index is 0.155. The van der Waals surface area contributed by atoms with Gasteiger partial charge in [-0.05, 0) is 55.7 Å². The Morgan fingerprint density at radius 3 is 2.84 bits per heavy atom. The summed E-state index contributed by atoms with van der Waals surface area (Å²) in [6, 6.07) is 9.38. The molecule has 1 amide bonds. The van der Waals surface area contributed by atoms with Crippen LogP contribution in [0.4, 0.5) is 15.8 Å². The molecular formula is C19H19FN2O3. The van der Waals surface area contributed by atoms with Crippen molar-refractivity contribution in [2.75, 3.05) is 23.8 Å². The zero-order valence-electron chi connectivity index (χ0n) is 13.9. The van der Waals surface area contributed by atoms with Crippen molar-refractivity contribution in [2.24, 2.45) is 0 Å². The highest BCUT2D eigenvalue weighted by Crippen LogP contribution is 2.24. The van der Waals surface area contributed by atoms with Gasteiger partial charge in [-0.2, -0.15) is 0 Å². The Kier molecular flexibility index (Phi) is 4.97. The van der Waals surface area contributed by atoms with E-state index in [0.29, 0.717) is 5.56 Å². The molecule has 1 aliphatic heterocycles. The van der Waals surface area contributed by atoms with Crippen molar-refractivity contribution in [1.82, 2.24) is 0 Å². The Morgan fingerprint density at radius 1 is 1.24 bits per heavy atom. The number of benzene rings is 2. The highest BCUT2D eigenvalue weighted by molar-refractivity contribution is 6.05. The van der Waals surface area contributed by atoms with E-state index < -0.39 is 11.8 Å². The third-order valence-electron chi connectivity index (χ3n) is 4.03. The molecule has 2 N–H and O–H groups in total. The fourth-order valence-corrected chi connectivity index (χ4v) is 2.77. The summed E-state index contributed by atoms with van der Waals surface area (Å²) in [7, 11) is 0. The molecule has 1 aliphatic rings. The number of aryl methyl sites for hydroxylation is 1. The van der Waals surface area contributed by atoms with Gasteiger partial charge in [0.1, 0.15) is 5.82 Å². The first kappa shape index (κ1) is 17.0. The summed E-state index contributed by atoms with van der Waals surface area (Å²) in [5, 5.41) is 5.92. The number of carbonyl (C=O) groups is 2. The summed E-state index contributed by atoms with van der Waals surface area (Å²) in [4.78, 5) is 24.0. The van der Waals surface area contributed by atoms with Crippen LogP contribution < -0.4 is 10.6 Å². The maximum atomic E-state index is 14.0. The molecule has 0 unspecified atom stereocenters. The summed E-state index contributed by atoms with van der Waals surface area (Å²) in [6.07, 6.45) is 2.06. The minimum Gasteiger partial charge on any atom is -0.462 e. The number of anilines is 2. The Morgan fingerprint density at radius 2 is 2.08 bits per heavy atom. The van der Waals surface area contributed by atoms with Crippen molar-refractivity contribution in [3.05, 3.63) is 58.9 Å². The number of esters is 1. The third kappa shape index (κ3) is 3.79. The van der Waals surface area contributed by atoms with Crippen molar-refractivity contribution in [3.8, 4) is 0 Å². The average Bonchev–Trinajstić information content (AvgIpc) is 2.61. The predicted molar refractivity (Wildman–Crippen MR) is 93.6 cm³/mol. The number of rotatable bonds is 4. The van der Waals surface area contributed by atoms with Crippen LogP contribution in [-0.4, -0.2) is 25.0 Å². The van der Waals surface area contributed by atoms with Gasteiger partial charge in [-0.15, -0.1) is 0 Å². The van der Waals surface area contributed by atoms with Gasteiger partial charge in [0.2, 0.25) is 0 Å². The molecule has 25 heavy (non-hydrogen) atoms. The Bertz CT molecular complexity index is 820. The molecule has 0 bridgehead atoms. The normalized spacial score (nSPS) is 12.7. The maximum absolute atomic E-state index is 14.0. The van der Waals surface area contributed by atoms with Gasteiger partial charge in [0.05, 0.1) is 12.2 Å². The lowest BCUT2D eigenvalue weighted by atomic mass is 10.0. The second-order valence-corrected chi connectivity index (χ2v) is 5.77. The van der Waals surface area contributed by atoms with Gasteiger partial charge in [-0.3, -0.25) is 4.79 Å². The van der Waals surface area contributed by atoms with Gasteiger partial charge in [-0.25, -0.2) is 9.18 Å². The minimum atomic E-state index is -0.733. The van der Waals surface area contributed by atoms with Crippen LogP contribution in [0.2, 0.25) is 0 Å². The first-order valence-electron chi connectivity index (χ1n) is 8.23. The first-order chi connectivity index (χ1) is 12.1. The van der Waals surface area contributed by atoms with Crippen molar-refractivity contribution in [3.63, 3.8) is 0 Å². The fourth-order valence-electron chi connectivity index (χ4n) is 2.77. The van der Waals surface area contributed by atoms with Crippen LogP contribution in [-0.2, 0) is 11.2 Å². The largest absolute Gasteiger partial charge is 0.462 e. The molecule has 0 fully saturated rings. The second kappa shape index (κ2) is 7.34. The van der Waals surface area contributed by atoms with Gasteiger partial charge in [0.25, 0.3) is 5.91 Å². The Hall–Kier alpha value is -2.89. The van der Waals surface area contributed by atoms with Gasteiger partial charge in [-0.1, -0.05) is 6.07 Å². The highest BCUT2D eigenvalue weighted by atomic mass is 19.1. The molecule has 0 spiro atoms. The molecule has 0 saturated carbocycles. The molecule has 0 atom stereocenters. The molecule has 0 aliphatic carbocycles. The van der Waals surface area contributed by atoms with E-state index in [1.165, 1.54) is 17.7 Å². The van der Waals surface area contributed by atoms with Crippen molar-refractivity contribution in [1.29, 1.82) is 0 Å². The standard InChI is InChI=1S/C19H19FN2O3/c1-2-25-19(24)15-8-7-14(11-16(15)20)22-18(23)13-6-5-12-4-3-9-21-17(12)10-13/h5-8,10-11,21H,2-4,9H2,1H3,(H,22,23). The summed E-state index contributed by atoms with van der Waals surface area (Å²) in [6.45, 7) is 2.71. The summed E-state index contributed by atoms with van der Waals surface area (Å²) in [5.74, 6) is -1.79. The van der Waals surface area contributed by atoms with Gasteiger partial charge in [0.15, 0.2) is 0 Å². The zero-order chi connectivity index (χ0) is 17.8. The van der Waals surface area contributed by atoms with Crippen LogP contribution in [0.25, 0.3) is 0 Å². The smallest absolute Gasteiger partial charge is 0.341 e. The predicted octanol–water partition coefficient (Wildman–Crippen LogP) is 3.61. The lowest BCUT2D eigenvalue weighted by molar-refractivity contribution is 0.0521. The molecule has 5 nitrogen and oxygen atoms in total. The van der Waals surface area contributed by atoms with E-state index >= 15 is 0 Å². The fraction of sp³-hybridized carbons (Fsp3) is 0.263. The molecule has 0 radical (unpaired) electrons. The number of amides is 1. The molecule has 2 aromatic carbocycles. The number of carbonyl (C=O) groups excluding carboxylic acids is 2. The van der Waals surface area contributed by atoms with Gasteiger partial charge in [0, 0.05) is 23.5 Å². The molecule has 0 aromatic heterocycles. The number of halogens is 1. The Balaban J connectivity index is 1.75. The topological polar surface area (TPSA) is 67.4 Å². The number of nitrogens with one attached hydrogen (secondary N) is 2. The van der Waals surface area contributed by atoms with Crippen molar-refractivity contribution < 1.29 is 18.7 Å². The lowest BCUT2D eigenvalue weighted by Gasteiger charge is -2.18. The van der Waals surface area contributed by atoms with E-state index in [1.807, 2.05) is 6.07 Å². The average molecular weight is 342 g/mol. The van der Waals surface area contributed by atoms with E-state index in [-0.39, 0.29) is 23.8 Å². The quantitative estimate of drug-likeness (QED) is 0.833. The zero-order valence-corrected chi connectivity index (χ0v) is 13.9. The van der Waals surface area contributed by atoms with Gasteiger partial charge >= 0.3 is 5.97 Å². The van der Waals surface area contributed by atoms with Crippen LogP contribution >= 0.6 is 0 Å². The van der Waals surface area contributed by atoms with Crippen molar-refractivity contribution >= 4 is 23.3 Å². The maximum Gasteiger partial charge on any atom is 0.341 e. The van der Waals surface area contributed by atoms with E-state index in [1.54, 1.807) is 19.1 Å². The van der Waals surface area contributed by atoms with E-state index in [0.717, 1.165) is 31.1 Å². The van der Waals surface area contributed by atoms with Crippen molar-refractivity contribution in [2.45, 2.75) is 19.8 Å². The molecule has 0 saturated heterocycles. The van der Waals surface area contributed by atoms with Crippen LogP contribution in [0.1, 0.15) is 39.6 Å². The first-order valence-corrected chi connectivity index (χ1v) is 8.23. The molecule has 2 aromatic rings. The number of hydrogen-bond acceptors (Lipinski definition) is 4. The SMILES string of the molecule is CCOC(=O)c1ccc(NC(=O)c2ccc3c(c2)NCCC3)cc1F. The molecule has 3 rings (SSSR count). The van der Waals surface area contributed by atoms with E-state index in [9.17, 15) is 14.0 Å². The van der Waals surface area contributed by atoms with E-state index in [4.69, 9.17) is 4.74 Å².